The van der Waals surface area contributed by atoms with Gasteiger partial charge in [0.25, 0.3) is 0 Å². The first-order valence-electron chi connectivity index (χ1n) is 11.4. The second kappa shape index (κ2) is 12.9. The second-order valence-electron chi connectivity index (χ2n) is 9.44. The summed E-state index contributed by atoms with van der Waals surface area (Å²) in [5.74, 6) is -0.867. The standard InChI is InChI=1S/C30H38O4/c1-22(12-8-9-13-23(2)16-11-17-25(4)28(32)33)14-10-15-24(3)18-19-30(34)26(5)20-27(31)21-29(30,6)7/h8-20,34H,21H2,1-7H3,(H,32,33)/b9-8+,14-10+,16-11+,19-18+,22-12+,23-13+,24-15+,25-17+/t30-/m0/s1. The Labute approximate surface area is 204 Å². The van der Waals surface area contributed by atoms with Crippen LogP contribution in [0.3, 0.4) is 0 Å². The Kier molecular flexibility index (Phi) is 10.9. The van der Waals surface area contributed by atoms with Gasteiger partial charge in [0, 0.05) is 17.4 Å². The Morgan fingerprint density at radius 1 is 0.853 bits per heavy atom. The van der Waals surface area contributed by atoms with E-state index in [4.69, 9.17) is 5.11 Å². The summed E-state index contributed by atoms with van der Waals surface area (Å²) in [4.78, 5) is 22.6. The van der Waals surface area contributed by atoms with Crippen LogP contribution in [0.5, 0.6) is 0 Å². The molecule has 0 amide bonds. The van der Waals surface area contributed by atoms with Gasteiger partial charge in [-0.05, 0) is 52.3 Å². The maximum atomic E-state index is 11.9. The van der Waals surface area contributed by atoms with Crippen molar-refractivity contribution in [2.24, 2.45) is 5.41 Å². The van der Waals surface area contributed by atoms with Crippen molar-refractivity contribution in [3.63, 3.8) is 0 Å². The third kappa shape index (κ3) is 8.95. The number of hydrogen-bond acceptors (Lipinski definition) is 3. The van der Waals surface area contributed by atoms with Crippen LogP contribution in [0.15, 0.2) is 107 Å². The quantitative estimate of drug-likeness (QED) is 0.293. The van der Waals surface area contributed by atoms with Gasteiger partial charge in [-0.3, -0.25) is 4.79 Å². The van der Waals surface area contributed by atoms with Crippen LogP contribution < -0.4 is 0 Å². The number of rotatable bonds is 9. The van der Waals surface area contributed by atoms with Crippen LogP contribution in [0.4, 0.5) is 0 Å². The van der Waals surface area contributed by atoms with Crippen LogP contribution in [-0.4, -0.2) is 27.6 Å². The fraction of sp³-hybridized carbons (Fsp3) is 0.333. The molecule has 0 saturated heterocycles. The SMILES string of the molecule is CC1=CC(=O)CC(C)(C)[C@]1(O)/C=C/C(C)=C/C=C/C(C)=C/C=C/C=C(C)/C=C/C=C(\C)C(=O)O. The highest BCUT2D eigenvalue weighted by Gasteiger charge is 2.46. The third-order valence-electron chi connectivity index (χ3n) is 5.80. The summed E-state index contributed by atoms with van der Waals surface area (Å²) >= 11 is 0. The Balaban J connectivity index is 2.75. The molecule has 34 heavy (non-hydrogen) atoms. The van der Waals surface area contributed by atoms with Gasteiger partial charge in [-0.25, -0.2) is 4.79 Å². The topological polar surface area (TPSA) is 74.6 Å². The number of ketones is 1. The van der Waals surface area contributed by atoms with E-state index < -0.39 is 17.0 Å². The summed E-state index contributed by atoms with van der Waals surface area (Å²) < 4.78 is 0. The normalized spacial score (nSPS) is 23.1. The molecule has 0 fully saturated rings. The highest BCUT2D eigenvalue weighted by atomic mass is 16.4. The first kappa shape index (κ1) is 28.8. The van der Waals surface area contributed by atoms with Crippen LogP contribution in [0.25, 0.3) is 0 Å². The monoisotopic (exact) mass is 462 g/mol. The summed E-state index contributed by atoms with van der Waals surface area (Å²) in [5.41, 5.74) is 2.34. The maximum absolute atomic E-state index is 11.9. The molecule has 0 spiro atoms. The van der Waals surface area contributed by atoms with Crippen LogP contribution in [0.2, 0.25) is 0 Å². The molecule has 0 unspecified atom stereocenters. The summed E-state index contributed by atoms with van der Waals surface area (Å²) in [6.45, 7) is 13.1. The summed E-state index contributed by atoms with van der Waals surface area (Å²) in [6.07, 6.45) is 24.5. The first-order valence-corrected chi connectivity index (χ1v) is 11.4. The summed E-state index contributed by atoms with van der Waals surface area (Å²) in [7, 11) is 0. The zero-order chi connectivity index (χ0) is 25.9. The van der Waals surface area contributed by atoms with E-state index in [9.17, 15) is 14.7 Å². The van der Waals surface area contributed by atoms with Crippen LogP contribution in [0.1, 0.15) is 54.9 Å². The minimum atomic E-state index is -1.15. The molecule has 0 aromatic rings. The highest BCUT2D eigenvalue weighted by Crippen LogP contribution is 2.44. The van der Waals surface area contributed by atoms with E-state index in [-0.39, 0.29) is 5.78 Å². The Hall–Kier alpha value is -3.24. The zero-order valence-electron chi connectivity index (χ0n) is 21.4. The van der Waals surface area contributed by atoms with Crippen molar-refractivity contribution in [1.29, 1.82) is 0 Å². The Bertz CT molecular complexity index is 1050. The lowest BCUT2D eigenvalue weighted by atomic mass is 9.64. The molecule has 4 nitrogen and oxygen atoms in total. The molecule has 182 valence electrons. The van der Waals surface area contributed by atoms with Gasteiger partial charge in [0.1, 0.15) is 5.60 Å². The van der Waals surface area contributed by atoms with Crippen LogP contribution >= 0.6 is 0 Å². The number of aliphatic hydroxyl groups is 1. The molecule has 0 aromatic carbocycles. The molecular formula is C30H38O4. The Morgan fingerprint density at radius 3 is 1.82 bits per heavy atom. The predicted molar refractivity (Wildman–Crippen MR) is 141 cm³/mol. The molecule has 0 aromatic heterocycles. The van der Waals surface area contributed by atoms with Crippen molar-refractivity contribution in [2.45, 2.75) is 60.5 Å². The number of hydrogen-bond donors (Lipinski definition) is 2. The van der Waals surface area contributed by atoms with E-state index in [2.05, 4.69) is 0 Å². The maximum Gasteiger partial charge on any atom is 0.331 e. The summed E-state index contributed by atoms with van der Waals surface area (Å²) in [6, 6.07) is 0. The second-order valence-corrected chi connectivity index (χ2v) is 9.44. The van der Waals surface area contributed by atoms with Crippen molar-refractivity contribution in [1.82, 2.24) is 0 Å². The molecule has 0 saturated carbocycles. The molecule has 0 aliphatic heterocycles. The lowest BCUT2D eigenvalue weighted by Gasteiger charge is -2.44. The van der Waals surface area contributed by atoms with Gasteiger partial charge >= 0.3 is 5.97 Å². The molecule has 1 rings (SSSR count). The van der Waals surface area contributed by atoms with E-state index in [1.807, 2.05) is 89.3 Å². The molecule has 1 aliphatic carbocycles. The van der Waals surface area contributed by atoms with Crippen molar-refractivity contribution in [3.8, 4) is 0 Å². The average Bonchev–Trinajstić information content (AvgIpc) is 2.73. The van der Waals surface area contributed by atoms with Gasteiger partial charge in [-0.15, -0.1) is 0 Å². The van der Waals surface area contributed by atoms with Crippen molar-refractivity contribution in [3.05, 3.63) is 107 Å². The largest absolute Gasteiger partial charge is 0.478 e. The van der Waals surface area contributed by atoms with Gasteiger partial charge in [-0.1, -0.05) is 97.4 Å². The number of aliphatic carboxylic acids is 1. The predicted octanol–water partition coefficient (Wildman–Crippen LogP) is 6.76. The van der Waals surface area contributed by atoms with Gasteiger partial charge in [0.05, 0.1) is 0 Å². The molecule has 0 radical (unpaired) electrons. The number of carbonyl (C=O) groups excluding carboxylic acids is 1. The van der Waals surface area contributed by atoms with Gasteiger partial charge in [-0.2, -0.15) is 0 Å². The highest BCUT2D eigenvalue weighted by molar-refractivity contribution is 5.92. The van der Waals surface area contributed by atoms with E-state index in [0.29, 0.717) is 17.6 Å². The molecule has 1 atom stereocenters. The first-order chi connectivity index (χ1) is 15.8. The number of carbonyl (C=O) groups is 2. The smallest absolute Gasteiger partial charge is 0.331 e. The lowest BCUT2D eigenvalue weighted by molar-refractivity contribution is -0.132. The van der Waals surface area contributed by atoms with Crippen LogP contribution in [-0.2, 0) is 9.59 Å². The molecule has 1 aliphatic rings. The third-order valence-corrected chi connectivity index (χ3v) is 5.80. The molecule has 0 heterocycles. The van der Waals surface area contributed by atoms with Gasteiger partial charge in [0.2, 0.25) is 0 Å². The average molecular weight is 463 g/mol. The lowest BCUT2D eigenvalue weighted by Crippen LogP contribution is -2.48. The molecular weight excluding hydrogens is 424 g/mol. The Morgan fingerprint density at radius 2 is 1.32 bits per heavy atom. The number of carboxylic acid groups (broad SMARTS) is 1. The van der Waals surface area contributed by atoms with Crippen molar-refractivity contribution in [2.75, 3.05) is 0 Å². The van der Waals surface area contributed by atoms with E-state index in [1.165, 1.54) is 0 Å². The van der Waals surface area contributed by atoms with Crippen molar-refractivity contribution < 1.29 is 19.8 Å². The number of allylic oxidation sites excluding steroid dienone is 15. The minimum Gasteiger partial charge on any atom is -0.478 e. The van der Waals surface area contributed by atoms with E-state index in [0.717, 1.165) is 16.7 Å². The molecule has 4 heteroatoms. The van der Waals surface area contributed by atoms with E-state index in [1.54, 1.807) is 38.2 Å². The van der Waals surface area contributed by atoms with Gasteiger partial charge < -0.3 is 10.2 Å². The summed E-state index contributed by atoms with van der Waals surface area (Å²) in [5, 5.41) is 20.0. The van der Waals surface area contributed by atoms with Crippen molar-refractivity contribution >= 4 is 11.8 Å². The van der Waals surface area contributed by atoms with E-state index >= 15 is 0 Å². The molecule has 0 bridgehead atoms. The fourth-order valence-electron chi connectivity index (χ4n) is 3.46. The van der Waals surface area contributed by atoms with Crippen LogP contribution in [0, 0.1) is 5.41 Å². The minimum absolute atomic E-state index is 0.0529. The fourth-order valence-corrected chi connectivity index (χ4v) is 3.46. The number of carboxylic acids is 1. The van der Waals surface area contributed by atoms with Gasteiger partial charge in [0.15, 0.2) is 5.78 Å². The zero-order valence-corrected chi connectivity index (χ0v) is 21.4. The molecule has 2 N–H and O–H groups in total.